The minimum Gasteiger partial charge on any atom is -0.300 e. The Labute approximate surface area is 109 Å². The Hall–Kier alpha value is -1.34. The van der Waals surface area contributed by atoms with Gasteiger partial charge in [0.1, 0.15) is 11.3 Å². The number of aromatic nitrogens is 2. The van der Waals surface area contributed by atoms with Crippen molar-refractivity contribution in [3.8, 4) is 0 Å². The van der Waals surface area contributed by atoms with Crippen LogP contribution >= 0.6 is 27.3 Å². The Morgan fingerprint density at radius 1 is 1.53 bits per heavy atom. The number of halogens is 2. The molecule has 1 N–H and O–H groups in total. The number of nitrogens with one attached hydrogen (secondary N) is 1. The average molecular weight is 316 g/mol. The number of amides is 1. The summed E-state index contributed by atoms with van der Waals surface area (Å²) >= 11 is 4.31. The van der Waals surface area contributed by atoms with Crippen molar-refractivity contribution in [3.05, 3.63) is 39.6 Å². The van der Waals surface area contributed by atoms with Crippen molar-refractivity contribution in [1.29, 1.82) is 0 Å². The maximum absolute atomic E-state index is 13.0. The molecule has 0 aliphatic rings. The molecule has 4 nitrogen and oxygen atoms in total. The number of benzene rings is 1. The number of hydrogen-bond acceptors (Lipinski definition) is 4. The summed E-state index contributed by atoms with van der Waals surface area (Å²) in [4.78, 5) is 11.6. The van der Waals surface area contributed by atoms with E-state index in [1.165, 1.54) is 22.9 Å². The van der Waals surface area contributed by atoms with Crippen molar-refractivity contribution in [2.24, 2.45) is 0 Å². The number of nitrogens with zero attached hydrogens (tertiary/aromatic N) is 2. The molecular formula is C10H7BrFN3OS. The third-order valence-corrected chi connectivity index (χ3v) is 3.17. The molecule has 1 heterocycles. The second kappa shape index (κ2) is 5.33. The van der Waals surface area contributed by atoms with Crippen LogP contribution in [0.4, 0.5) is 9.52 Å². The van der Waals surface area contributed by atoms with E-state index >= 15 is 0 Å². The molecule has 0 atom stereocenters. The summed E-state index contributed by atoms with van der Waals surface area (Å²) in [6, 6.07) is 4.46. The monoisotopic (exact) mass is 315 g/mol. The molecule has 2 rings (SSSR count). The van der Waals surface area contributed by atoms with Gasteiger partial charge < -0.3 is 5.32 Å². The van der Waals surface area contributed by atoms with Crippen molar-refractivity contribution < 1.29 is 9.18 Å². The first kappa shape index (κ1) is 12.1. The molecule has 88 valence electrons. The zero-order valence-corrected chi connectivity index (χ0v) is 10.9. The Kier molecular flexibility index (Phi) is 3.80. The van der Waals surface area contributed by atoms with Crippen molar-refractivity contribution in [2.45, 2.75) is 6.42 Å². The lowest BCUT2D eigenvalue weighted by molar-refractivity contribution is -0.115. The van der Waals surface area contributed by atoms with E-state index in [4.69, 9.17) is 0 Å². The van der Waals surface area contributed by atoms with E-state index in [9.17, 15) is 9.18 Å². The van der Waals surface area contributed by atoms with E-state index in [1.807, 2.05) is 0 Å². The van der Waals surface area contributed by atoms with Gasteiger partial charge in [-0.25, -0.2) is 4.39 Å². The van der Waals surface area contributed by atoms with Gasteiger partial charge in [0.25, 0.3) is 0 Å². The van der Waals surface area contributed by atoms with Crippen molar-refractivity contribution in [3.63, 3.8) is 0 Å². The van der Waals surface area contributed by atoms with Crippen LogP contribution in [0.2, 0.25) is 0 Å². The van der Waals surface area contributed by atoms with E-state index in [1.54, 1.807) is 12.1 Å². The van der Waals surface area contributed by atoms with Crippen LogP contribution in [-0.2, 0) is 11.2 Å². The van der Waals surface area contributed by atoms with Crippen LogP contribution in [-0.4, -0.2) is 16.1 Å². The van der Waals surface area contributed by atoms with Gasteiger partial charge in [-0.3, -0.25) is 4.79 Å². The lowest BCUT2D eigenvalue weighted by atomic mass is 10.1. The summed E-state index contributed by atoms with van der Waals surface area (Å²) in [7, 11) is 0. The van der Waals surface area contributed by atoms with Crippen LogP contribution in [0.25, 0.3) is 0 Å². The second-order valence-corrected chi connectivity index (χ2v) is 4.90. The number of hydrogen-bond donors (Lipinski definition) is 1. The second-order valence-electron chi connectivity index (χ2n) is 3.22. The molecule has 1 aromatic carbocycles. The molecular weight excluding hydrogens is 309 g/mol. The molecule has 1 aromatic heterocycles. The third kappa shape index (κ3) is 3.31. The summed E-state index contributed by atoms with van der Waals surface area (Å²) in [6.07, 6.45) is 0.165. The first-order chi connectivity index (χ1) is 8.15. The molecule has 0 spiro atoms. The Balaban J connectivity index is 2.00. The van der Waals surface area contributed by atoms with E-state index in [0.717, 1.165) is 5.56 Å². The largest absolute Gasteiger partial charge is 0.300 e. The molecule has 0 radical (unpaired) electrons. The number of carbonyl (C=O) groups excluding carboxylic acids is 1. The van der Waals surface area contributed by atoms with Gasteiger partial charge in [-0.2, -0.15) is 0 Å². The predicted molar refractivity (Wildman–Crippen MR) is 66.3 cm³/mol. The van der Waals surface area contributed by atoms with Gasteiger partial charge >= 0.3 is 0 Å². The number of rotatable bonds is 3. The van der Waals surface area contributed by atoms with Gasteiger partial charge in [-0.05, 0) is 33.6 Å². The van der Waals surface area contributed by atoms with E-state index in [0.29, 0.717) is 9.60 Å². The summed E-state index contributed by atoms with van der Waals surface area (Å²) in [5.74, 6) is -0.557. The van der Waals surface area contributed by atoms with Crippen LogP contribution in [0.15, 0.2) is 28.2 Å². The van der Waals surface area contributed by atoms with Crippen molar-refractivity contribution in [2.75, 3.05) is 5.32 Å². The standard InChI is InChI=1S/C10H7BrFN3OS/c11-7-3-6(1-2-8(7)12)4-9(16)14-10-15-13-5-17-10/h1-3,5H,4H2,(H,14,15,16). The van der Waals surface area contributed by atoms with Crippen LogP contribution in [0.3, 0.4) is 0 Å². The zero-order chi connectivity index (χ0) is 12.3. The summed E-state index contributed by atoms with van der Waals surface area (Å²) in [6.45, 7) is 0. The lowest BCUT2D eigenvalue weighted by Gasteiger charge is -2.02. The highest BCUT2D eigenvalue weighted by Gasteiger charge is 2.07. The zero-order valence-electron chi connectivity index (χ0n) is 8.48. The van der Waals surface area contributed by atoms with Gasteiger partial charge in [-0.1, -0.05) is 17.4 Å². The highest BCUT2D eigenvalue weighted by Crippen LogP contribution is 2.17. The van der Waals surface area contributed by atoms with E-state index < -0.39 is 0 Å². The maximum atomic E-state index is 13.0. The van der Waals surface area contributed by atoms with Crippen LogP contribution in [0, 0.1) is 5.82 Å². The highest BCUT2D eigenvalue weighted by molar-refractivity contribution is 9.10. The number of carbonyl (C=O) groups is 1. The molecule has 0 bridgehead atoms. The van der Waals surface area contributed by atoms with Crippen LogP contribution < -0.4 is 5.32 Å². The topological polar surface area (TPSA) is 54.9 Å². The Morgan fingerprint density at radius 3 is 3.00 bits per heavy atom. The van der Waals surface area contributed by atoms with Gasteiger partial charge in [0.15, 0.2) is 0 Å². The molecule has 0 aliphatic carbocycles. The Bertz CT molecular complexity index is 532. The first-order valence-electron chi connectivity index (χ1n) is 4.65. The summed E-state index contributed by atoms with van der Waals surface area (Å²) < 4.78 is 13.3. The SMILES string of the molecule is O=C(Cc1ccc(F)c(Br)c1)Nc1nncs1. The molecule has 0 aliphatic heterocycles. The van der Waals surface area contributed by atoms with Crippen molar-refractivity contribution in [1.82, 2.24) is 10.2 Å². The molecule has 1 amide bonds. The molecule has 0 saturated heterocycles. The van der Waals surface area contributed by atoms with E-state index in [-0.39, 0.29) is 18.1 Å². The molecule has 0 unspecified atom stereocenters. The molecule has 0 saturated carbocycles. The van der Waals surface area contributed by atoms with Crippen molar-refractivity contribution >= 4 is 38.3 Å². The van der Waals surface area contributed by atoms with Gasteiger partial charge in [0, 0.05) is 0 Å². The predicted octanol–water partition coefficient (Wildman–Crippen LogP) is 2.62. The van der Waals surface area contributed by atoms with Gasteiger partial charge in [0.05, 0.1) is 10.9 Å². The fourth-order valence-electron chi connectivity index (χ4n) is 1.23. The molecule has 7 heteroatoms. The third-order valence-electron chi connectivity index (χ3n) is 1.96. The first-order valence-corrected chi connectivity index (χ1v) is 6.32. The fourth-order valence-corrected chi connectivity index (χ4v) is 2.11. The van der Waals surface area contributed by atoms with E-state index in [2.05, 4.69) is 31.4 Å². The number of anilines is 1. The summed E-state index contributed by atoms with van der Waals surface area (Å²) in [5.41, 5.74) is 2.25. The summed E-state index contributed by atoms with van der Waals surface area (Å²) in [5, 5.41) is 10.4. The fraction of sp³-hybridized carbons (Fsp3) is 0.100. The minimum absolute atomic E-state index is 0.165. The molecule has 17 heavy (non-hydrogen) atoms. The highest BCUT2D eigenvalue weighted by atomic mass is 79.9. The smallest absolute Gasteiger partial charge is 0.230 e. The van der Waals surface area contributed by atoms with Gasteiger partial charge in [0.2, 0.25) is 11.0 Å². The van der Waals surface area contributed by atoms with Crippen LogP contribution in [0.1, 0.15) is 5.56 Å². The quantitative estimate of drug-likeness (QED) is 0.947. The molecule has 0 fully saturated rings. The van der Waals surface area contributed by atoms with Gasteiger partial charge in [-0.15, -0.1) is 10.2 Å². The minimum atomic E-state index is -0.349. The maximum Gasteiger partial charge on any atom is 0.230 e. The average Bonchev–Trinajstić information content (AvgIpc) is 2.76. The normalized spacial score (nSPS) is 10.2. The van der Waals surface area contributed by atoms with Crippen LogP contribution in [0.5, 0.6) is 0 Å². The molecule has 2 aromatic rings. The Morgan fingerprint density at radius 2 is 2.35 bits per heavy atom. The lowest BCUT2D eigenvalue weighted by Crippen LogP contribution is -2.14.